The average molecular weight is 459 g/mol. The molecular weight excluding hydrogens is 443 g/mol. The number of hydrogen-bond donors (Lipinski definition) is 3. The van der Waals surface area contributed by atoms with Gasteiger partial charge in [-0.1, -0.05) is 53.7 Å². The van der Waals surface area contributed by atoms with Crippen molar-refractivity contribution < 1.29 is 14.0 Å². The maximum Gasteiger partial charge on any atom is 0.257 e. The van der Waals surface area contributed by atoms with Gasteiger partial charge >= 0.3 is 0 Å². The van der Waals surface area contributed by atoms with E-state index >= 15 is 0 Å². The summed E-state index contributed by atoms with van der Waals surface area (Å²) in [5.41, 5.74) is 0.358. The summed E-state index contributed by atoms with van der Waals surface area (Å²) in [4.78, 5) is 44.7. The van der Waals surface area contributed by atoms with Crippen molar-refractivity contribution in [3.05, 3.63) is 80.9 Å². The molecule has 1 aromatic heterocycles. The monoisotopic (exact) mass is 458 g/mol. The van der Waals surface area contributed by atoms with Gasteiger partial charge in [0.2, 0.25) is 11.8 Å². The lowest BCUT2D eigenvalue weighted by atomic mass is 9.92. The molecule has 0 unspecified atom stereocenters. The summed E-state index contributed by atoms with van der Waals surface area (Å²) in [5, 5.41) is 5.75. The van der Waals surface area contributed by atoms with Gasteiger partial charge in [0, 0.05) is 12.2 Å². The van der Waals surface area contributed by atoms with Crippen LogP contribution in [0.2, 0.25) is 5.02 Å². The maximum absolute atomic E-state index is 13.8. The van der Waals surface area contributed by atoms with Gasteiger partial charge in [0.05, 0.1) is 22.2 Å². The number of aromatic nitrogens is 2. The van der Waals surface area contributed by atoms with Gasteiger partial charge in [0.15, 0.2) is 5.16 Å². The number of fused-ring (bicyclic) bond motifs is 1. The molecule has 3 aromatic rings. The summed E-state index contributed by atoms with van der Waals surface area (Å²) >= 11 is 7.20. The first-order chi connectivity index (χ1) is 14.9. The van der Waals surface area contributed by atoms with Crippen LogP contribution in [0.15, 0.2) is 58.5 Å². The largest absolute Gasteiger partial charge is 0.324 e. The van der Waals surface area contributed by atoms with Crippen LogP contribution in [-0.4, -0.2) is 21.8 Å². The van der Waals surface area contributed by atoms with E-state index in [1.807, 2.05) is 0 Å². The molecular formula is C21H16ClFN4O3S. The zero-order valence-electron chi connectivity index (χ0n) is 15.9. The number of amides is 2. The van der Waals surface area contributed by atoms with Crippen molar-refractivity contribution in [2.45, 2.75) is 23.2 Å². The number of para-hydroxylation sites is 1. The SMILES string of the molecule is O=C1C[C@H](C(=O)Nc2ccccc2Cl)c2c(nc(SCc3ccccc3F)[nH]c2=O)N1. The number of hydrogen-bond acceptors (Lipinski definition) is 5. The number of benzene rings is 2. The van der Waals surface area contributed by atoms with Gasteiger partial charge < -0.3 is 15.6 Å². The van der Waals surface area contributed by atoms with Crippen molar-refractivity contribution >= 4 is 46.7 Å². The van der Waals surface area contributed by atoms with Gasteiger partial charge in [0.25, 0.3) is 5.56 Å². The first kappa shape index (κ1) is 21.1. The van der Waals surface area contributed by atoms with Crippen LogP contribution in [0.4, 0.5) is 15.9 Å². The minimum Gasteiger partial charge on any atom is -0.324 e. The fraction of sp³-hybridized carbons (Fsp3) is 0.143. The van der Waals surface area contributed by atoms with E-state index in [0.717, 1.165) is 11.8 Å². The van der Waals surface area contributed by atoms with Crippen LogP contribution < -0.4 is 16.2 Å². The standard InChI is InChI=1S/C21H16ClFN4O3S/c22-13-6-2-4-8-15(13)24-19(29)12-9-16(28)25-18-17(12)20(30)27-21(26-18)31-10-11-5-1-3-7-14(11)23/h1-8,12H,9-10H2,(H,24,29)(H2,25,26,27,28,30)/t12-/m0/s1. The van der Waals surface area contributed by atoms with E-state index in [1.165, 1.54) is 6.07 Å². The molecule has 0 fully saturated rings. The second-order valence-electron chi connectivity index (χ2n) is 6.79. The average Bonchev–Trinajstić information content (AvgIpc) is 2.74. The highest BCUT2D eigenvalue weighted by Gasteiger charge is 2.35. The number of nitrogens with one attached hydrogen (secondary N) is 3. The third-order valence-electron chi connectivity index (χ3n) is 4.70. The molecule has 7 nitrogen and oxygen atoms in total. The van der Waals surface area contributed by atoms with Crippen molar-refractivity contribution in [2.75, 3.05) is 10.6 Å². The smallest absolute Gasteiger partial charge is 0.257 e. The van der Waals surface area contributed by atoms with Crippen LogP contribution in [0, 0.1) is 5.82 Å². The van der Waals surface area contributed by atoms with Gasteiger partial charge in [0.1, 0.15) is 11.6 Å². The Labute approximate surface area is 185 Å². The van der Waals surface area contributed by atoms with E-state index in [4.69, 9.17) is 11.6 Å². The molecule has 10 heteroatoms. The number of carbonyl (C=O) groups is 2. The van der Waals surface area contributed by atoms with Crippen molar-refractivity contribution in [1.82, 2.24) is 9.97 Å². The molecule has 0 bridgehead atoms. The summed E-state index contributed by atoms with van der Waals surface area (Å²) in [6.45, 7) is 0. The maximum atomic E-state index is 13.8. The normalized spacial score (nSPS) is 15.2. The molecule has 0 saturated heterocycles. The van der Waals surface area contributed by atoms with E-state index in [9.17, 15) is 18.8 Å². The lowest BCUT2D eigenvalue weighted by Crippen LogP contribution is -2.36. The molecule has 2 amide bonds. The highest BCUT2D eigenvalue weighted by Crippen LogP contribution is 2.32. The topological polar surface area (TPSA) is 104 Å². The van der Waals surface area contributed by atoms with Gasteiger partial charge in [-0.25, -0.2) is 9.37 Å². The predicted molar refractivity (Wildman–Crippen MR) is 117 cm³/mol. The summed E-state index contributed by atoms with van der Waals surface area (Å²) in [5.74, 6) is -2.10. The molecule has 0 radical (unpaired) electrons. The Bertz CT molecular complexity index is 1230. The van der Waals surface area contributed by atoms with Gasteiger partial charge in [-0.05, 0) is 23.8 Å². The molecule has 0 aliphatic carbocycles. The highest BCUT2D eigenvalue weighted by atomic mass is 35.5. The number of aromatic amines is 1. The quantitative estimate of drug-likeness (QED) is 0.397. The third kappa shape index (κ3) is 4.62. The van der Waals surface area contributed by atoms with E-state index < -0.39 is 23.3 Å². The molecule has 2 heterocycles. The van der Waals surface area contributed by atoms with Crippen molar-refractivity contribution in [1.29, 1.82) is 0 Å². The Morgan fingerprint density at radius 1 is 1.19 bits per heavy atom. The second-order valence-corrected chi connectivity index (χ2v) is 8.16. The lowest BCUT2D eigenvalue weighted by Gasteiger charge is -2.23. The number of nitrogens with zero attached hydrogens (tertiary/aromatic N) is 1. The van der Waals surface area contributed by atoms with Crippen LogP contribution in [0.3, 0.4) is 0 Å². The Morgan fingerprint density at radius 3 is 2.71 bits per heavy atom. The molecule has 1 atom stereocenters. The number of halogens is 2. The molecule has 31 heavy (non-hydrogen) atoms. The van der Waals surface area contributed by atoms with E-state index in [2.05, 4.69) is 20.6 Å². The summed E-state index contributed by atoms with van der Waals surface area (Å²) in [6.07, 6.45) is -0.199. The minimum atomic E-state index is -1.03. The lowest BCUT2D eigenvalue weighted by molar-refractivity contribution is -0.123. The number of carbonyl (C=O) groups excluding carboxylic acids is 2. The second kappa shape index (κ2) is 8.91. The van der Waals surface area contributed by atoms with Crippen LogP contribution in [-0.2, 0) is 15.3 Å². The zero-order chi connectivity index (χ0) is 22.0. The Morgan fingerprint density at radius 2 is 1.94 bits per heavy atom. The fourth-order valence-corrected chi connectivity index (χ4v) is 4.22. The van der Waals surface area contributed by atoms with Crippen molar-refractivity contribution in [3.63, 3.8) is 0 Å². The van der Waals surface area contributed by atoms with Gasteiger partial charge in [-0.2, -0.15) is 0 Å². The van der Waals surface area contributed by atoms with Crippen LogP contribution >= 0.6 is 23.4 Å². The Kier molecular flexibility index (Phi) is 6.06. The van der Waals surface area contributed by atoms with Crippen molar-refractivity contribution in [2.24, 2.45) is 0 Å². The molecule has 4 rings (SSSR count). The molecule has 3 N–H and O–H groups in total. The molecule has 1 aliphatic rings. The van der Waals surface area contributed by atoms with E-state index in [-0.39, 0.29) is 34.5 Å². The Balaban J connectivity index is 1.59. The third-order valence-corrected chi connectivity index (χ3v) is 5.95. The molecule has 1 aliphatic heterocycles. The van der Waals surface area contributed by atoms with E-state index in [1.54, 1.807) is 42.5 Å². The number of thioether (sulfide) groups is 1. The van der Waals surface area contributed by atoms with E-state index in [0.29, 0.717) is 16.3 Å². The molecule has 0 saturated carbocycles. The van der Waals surface area contributed by atoms with Crippen molar-refractivity contribution in [3.8, 4) is 0 Å². The van der Waals surface area contributed by atoms with Crippen LogP contribution in [0.1, 0.15) is 23.5 Å². The van der Waals surface area contributed by atoms with Gasteiger partial charge in [-0.15, -0.1) is 0 Å². The molecule has 0 spiro atoms. The predicted octanol–water partition coefficient (Wildman–Crippen LogP) is 3.92. The Hall–Kier alpha value is -3.17. The minimum absolute atomic E-state index is 0.0235. The number of H-pyrrole nitrogens is 1. The first-order valence-electron chi connectivity index (χ1n) is 9.28. The zero-order valence-corrected chi connectivity index (χ0v) is 17.5. The van der Waals surface area contributed by atoms with Gasteiger partial charge in [-0.3, -0.25) is 14.4 Å². The summed E-state index contributed by atoms with van der Waals surface area (Å²) in [7, 11) is 0. The summed E-state index contributed by atoms with van der Waals surface area (Å²) < 4.78 is 13.8. The first-order valence-corrected chi connectivity index (χ1v) is 10.6. The summed E-state index contributed by atoms with van der Waals surface area (Å²) in [6, 6.07) is 12.9. The number of rotatable bonds is 5. The molecule has 158 valence electrons. The van der Waals surface area contributed by atoms with Crippen LogP contribution in [0.25, 0.3) is 0 Å². The number of anilines is 2. The fourth-order valence-electron chi connectivity index (χ4n) is 3.19. The molecule has 2 aromatic carbocycles. The highest BCUT2D eigenvalue weighted by molar-refractivity contribution is 7.98. The van der Waals surface area contributed by atoms with Crippen LogP contribution in [0.5, 0.6) is 0 Å².